The lowest BCUT2D eigenvalue weighted by Gasteiger charge is -2.13. The molecule has 1 atom stereocenters. The van der Waals surface area contributed by atoms with Crippen LogP contribution in [0.5, 0.6) is 0 Å². The minimum absolute atomic E-state index is 0.105. The Bertz CT molecular complexity index is 800. The number of alkyl halides is 3. The number of hydrogen-bond donors (Lipinski definition) is 1. The number of hydrogen-bond acceptors (Lipinski definition) is 3. The second-order valence-electron chi connectivity index (χ2n) is 5.66. The van der Waals surface area contributed by atoms with Crippen LogP contribution < -0.4 is 5.32 Å². The van der Waals surface area contributed by atoms with Gasteiger partial charge in [0, 0.05) is 0 Å². The Labute approximate surface area is 141 Å². The van der Waals surface area contributed by atoms with Crippen LogP contribution in [0, 0.1) is 0 Å². The van der Waals surface area contributed by atoms with E-state index in [0.717, 1.165) is 12.1 Å². The Balaban J connectivity index is 1.85. The van der Waals surface area contributed by atoms with E-state index in [2.05, 4.69) is 5.32 Å². The second-order valence-corrected chi connectivity index (χ2v) is 5.66. The van der Waals surface area contributed by atoms with Gasteiger partial charge in [-0.25, -0.2) is 4.79 Å². The van der Waals surface area contributed by atoms with Gasteiger partial charge in [-0.15, -0.1) is 0 Å². The first kappa shape index (κ1) is 17.0. The molecule has 0 radical (unpaired) electrons. The molecule has 2 aromatic carbocycles. The van der Waals surface area contributed by atoms with E-state index in [1.807, 2.05) is 0 Å². The first-order chi connectivity index (χ1) is 11.8. The van der Waals surface area contributed by atoms with Gasteiger partial charge < -0.3 is 10.1 Å². The van der Waals surface area contributed by atoms with Gasteiger partial charge in [0.2, 0.25) is 5.91 Å². The van der Waals surface area contributed by atoms with Crippen LogP contribution in [0.25, 0.3) is 11.1 Å². The number of esters is 1. The molecule has 1 aliphatic heterocycles. The molecule has 2 aromatic rings. The van der Waals surface area contributed by atoms with Gasteiger partial charge in [0.1, 0.15) is 6.10 Å². The van der Waals surface area contributed by atoms with Crippen molar-refractivity contribution in [2.75, 3.05) is 6.54 Å². The van der Waals surface area contributed by atoms with Crippen molar-refractivity contribution in [2.45, 2.75) is 18.7 Å². The Morgan fingerprint density at radius 3 is 2.36 bits per heavy atom. The molecule has 0 spiro atoms. The predicted octanol–water partition coefficient (Wildman–Crippen LogP) is 3.42. The van der Waals surface area contributed by atoms with Crippen LogP contribution in [0.4, 0.5) is 13.2 Å². The van der Waals surface area contributed by atoms with Crippen molar-refractivity contribution >= 4 is 11.9 Å². The minimum Gasteiger partial charge on any atom is -0.456 e. The van der Waals surface area contributed by atoms with Crippen molar-refractivity contribution in [1.82, 2.24) is 5.32 Å². The number of carbonyl (C=O) groups excluding carboxylic acids is 2. The molecule has 1 fully saturated rings. The Morgan fingerprint density at radius 1 is 1.08 bits per heavy atom. The molecule has 0 aliphatic carbocycles. The molecule has 25 heavy (non-hydrogen) atoms. The standard InChI is InChI=1S/C18H14F3NO3/c19-18(20,21)12-7-5-11(6-8-12)14-3-1-2-4-15(14)17(24)25-13-9-16(23)22-10-13/h1-8,13H,9-10H2,(H,22,23)/t13-/m0/s1. The van der Waals surface area contributed by atoms with Gasteiger partial charge in [0.05, 0.1) is 24.1 Å². The monoisotopic (exact) mass is 349 g/mol. The molecule has 0 unspecified atom stereocenters. The van der Waals surface area contributed by atoms with Crippen LogP contribution in [-0.4, -0.2) is 24.5 Å². The molecule has 0 saturated carbocycles. The Morgan fingerprint density at radius 2 is 1.76 bits per heavy atom. The number of rotatable bonds is 3. The molecule has 7 heteroatoms. The summed E-state index contributed by atoms with van der Waals surface area (Å²) in [5, 5.41) is 2.57. The lowest BCUT2D eigenvalue weighted by Crippen LogP contribution is -2.21. The minimum atomic E-state index is -4.42. The van der Waals surface area contributed by atoms with Gasteiger partial charge in [0.15, 0.2) is 0 Å². The first-order valence-corrected chi connectivity index (χ1v) is 7.59. The average molecular weight is 349 g/mol. The molecule has 4 nitrogen and oxygen atoms in total. The zero-order valence-corrected chi connectivity index (χ0v) is 13.0. The Kier molecular flexibility index (Phi) is 4.48. The highest BCUT2D eigenvalue weighted by Gasteiger charge is 2.30. The molecular formula is C18H14F3NO3. The van der Waals surface area contributed by atoms with Crippen LogP contribution in [0.3, 0.4) is 0 Å². The lowest BCUT2D eigenvalue weighted by molar-refractivity contribution is -0.137. The fraction of sp³-hybridized carbons (Fsp3) is 0.222. The van der Waals surface area contributed by atoms with Crippen molar-refractivity contribution in [1.29, 1.82) is 0 Å². The van der Waals surface area contributed by atoms with Gasteiger partial charge in [-0.1, -0.05) is 30.3 Å². The largest absolute Gasteiger partial charge is 0.456 e. The molecule has 1 amide bonds. The summed E-state index contributed by atoms with van der Waals surface area (Å²) >= 11 is 0. The summed E-state index contributed by atoms with van der Waals surface area (Å²) in [7, 11) is 0. The van der Waals surface area contributed by atoms with E-state index in [0.29, 0.717) is 11.1 Å². The van der Waals surface area contributed by atoms with E-state index in [9.17, 15) is 22.8 Å². The molecule has 0 bridgehead atoms. The van der Waals surface area contributed by atoms with Crippen LogP contribution in [-0.2, 0) is 15.7 Å². The number of halogens is 3. The van der Waals surface area contributed by atoms with E-state index >= 15 is 0 Å². The molecule has 0 aromatic heterocycles. The van der Waals surface area contributed by atoms with E-state index in [-0.39, 0.29) is 24.4 Å². The summed E-state index contributed by atoms with van der Waals surface area (Å²) in [6.45, 7) is 0.257. The van der Waals surface area contributed by atoms with Crippen LogP contribution in [0.2, 0.25) is 0 Å². The van der Waals surface area contributed by atoms with Crippen molar-refractivity contribution in [3.63, 3.8) is 0 Å². The van der Waals surface area contributed by atoms with E-state index in [4.69, 9.17) is 4.74 Å². The van der Waals surface area contributed by atoms with Crippen molar-refractivity contribution < 1.29 is 27.5 Å². The van der Waals surface area contributed by atoms with Crippen molar-refractivity contribution in [2.24, 2.45) is 0 Å². The predicted molar refractivity (Wildman–Crippen MR) is 83.7 cm³/mol. The molecular weight excluding hydrogens is 335 g/mol. The van der Waals surface area contributed by atoms with E-state index < -0.39 is 23.8 Å². The summed E-state index contributed by atoms with van der Waals surface area (Å²) in [6, 6.07) is 11.1. The molecule has 1 heterocycles. The maximum absolute atomic E-state index is 12.7. The van der Waals surface area contributed by atoms with E-state index in [1.54, 1.807) is 24.3 Å². The maximum Gasteiger partial charge on any atom is 0.416 e. The van der Waals surface area contributed by atoms with E-state index in [1.165, 1.54) is 12.1 Å². The molecule has 1 saturated heterocycles. The highest BCUT2D eigenvalue weighted by Crippen LogP contribution is 2.32. The first-order valence-electron chi connectivity index (χ1n) is 7.59. The van der Waals surface area contributed by atoms with Gasteiger partial charge in [-0.3, -0.25) is 4.79 Å². The van der Waals surface area contributed by atoms with Crippen molar-refractivity contribution in [3.05, 3.63) is 59.7 Å². The number of ether oxygens (including phenoxy) is 1. The van der Waals surface area contributed by atoms with Crippen molar-refractivity contribution in [3.8, 4) is 11.1 Å². The second kappa shape index (κ2) is 6.58. The summed E-state index contributed by atoms with van der Waals surface area (Å²) in [4.78, 5) is 23.6. The summed E-state index contributed by atoms with van der Waals surface area (Å²) < 4.78 is 43.3. The number of carbonyl (C=O) groups is 2. The van der Waals surface area contributed by atoms with Crippen LogP contribution in [0.1, 0.15) is 22.3 Å². The zero-order valence-electron chi connectivity index (χ0n) is 13.0. The topological polar surface area (TPSA) is 55.4 Å². The summed E-state index contributed by atoms with van der Waals surface area (Å²) in [5.74, 6) is -0.800. The molecule has 130 valence electrons. The molecule has 1 aliphatic rings. The number of amides is 1. The quantitative estimate of drug-likeness (QED) is 0.864. The van der Waals surface area contributed by atoms with Gasteiger partial charge in [0.25, 0.3) is 0 Å². The normalized spacial score (nSPS) is 17.2. The molecule has 3 rings (SSSR count). The summed E-state index contributed by atoms with van der Waals surface area (Å²) in [5.41, 5.74) is 0.424. The third kappa shape index (κ3) is 3.81. The van der Waals surface area contributed by atoms with Crippen LogP contribution >= 0.6 is 0 Å². The highest BCUT2D eigenvalue weighted by molar-refractivity contribution is 5.97. The third-order valence-corrected chi connectivity index (χ3v) is 3.88. The lowest BCUT2D eigenvalue weighted by atomic mass is 9.98. The average Bonchev–Trinajstić information content (AvgIpc) is 2.99. The Hall–Kier alpha value is -2.83. The zero-order chi connectivity index (χ0) is 18.0. The fourth-order valence-electron chi connectivity index (χ4n) is 2.63. The smallest absolute Gasteiger partial charge is 0.416 e. The maximum atomic E-state index is 12.7. The van der Waals surface area contributed by atoms with Crippen LogP contribution in [0.15, 0.2) is 48.5 Å². The number of benzene rings is 2. The fourth-order valence-corrected chi connectivity index (χ4v) is 2.63. The van der Waals surface area contributed by atoms with Gasteiger partial charge >= 0.3 is 12.1 Å². The third-order valence-electron chi connectivity index (χ3n) is 3.88. The van der Waals surface area contributed by atoms with Gasteiger partial charge in [-0.05, 0) is 29.3 Å². The molecule has 1 N–H and O–H groups in total. The SMILES string of the molecule is O=C1C[C@H](OC(=O)c2ccccc2-c2ccc(C(F)(F)F)cc2)CN1. The van der Waals surface area contributed by atoms with Gasteiger partial charge in [-0.2, -0.15) is 13.2 Å². The number of nitrogens with one attached hydrogen (secondary N) is 1. The summed E-state index contributed by atoms with van der Waals surface area (Å²) in [6.07, 6.45) is -4.85. The highest BCUT2D eigenvalue weighted by atomic mass is 19.4.